The molecule has 0 amide bonds. The summed E-state index contributed by atoms with van der Waals surface area (Å²) in [5.41, 5.74) is 0.0931. The maximum absolute atomic E-state index is 12.6. The molecule has 0 unspecified atom stereocenters. The molecule has 0 bridgehead atoms. The number of aromatic nitrogens is 1. The first-order valence-electron chi connectivity index (χ1n) is 7.61. The van der Waals surface area contributed by atoms with Crippen LogP contribution in [-0.2, 0) is 16.2 Å². The van der Waals surface area contributed by atoms with Gasteiger partial charge in [-0.3, -0.25) is 4.98 Å². The van der Waals surface area contributed by atoms with E-state index in [4.69, 9.17) is 0 Å². The van der Waals surface area contributed by atoms with E-state index in [0.29, 0.717) is 13.1 Å². The molecule has 0 radical (unpaired) electrons. The monoisotopic (exact) mass is 371 g/mol. The number of benzene rings is 1. The molecule has 1 aliphatic heterocycles. The van der Waals surface area contributed by atoms with Crippen molar-refractivity contribution in [2.24, 2.45) is 0 Å². The highest BCUT2D eigenvalue weighted by molar-refractivity contribution is 7.89. The predicted octanol–water partition coefficient (Wildman–Crippen LogP) is 2.61. The van der Waals surface area contributed by atoms with Gasteiger partial charge in [-0.15, -0.1) is 0 Å². The van der Waals surface area contributed by atoms with Gasteiger partial charge in [0.1, 0.15) is 0 Å². The van der Waals surface area contributed by atoms with E-state index in [-0.39, 0.29) is 18.0 Å². The summed E-state index contributed by atoms with van der Waals surface area (Å²) in [6.45, 7) is 1.55. The fourth-order valence-corrected chi connectivity index (χ4v) is 4.13. The molecule has 1 aliphatic rings. The van der Waals surface area contributed by atoms with Gasteiger partial charge in [0.15, 0.2) is 0 Å². The van der Waals surface area contributed by atoms with E-state index in [2.05, 4.69) is 4.98 Å². The Morgan fingerprint density at radius 2 is 1.44 bits per heavy atom. The van der Waals surface area contributed by atoms with Crippen molar-refractivity contribution in [1.82, 2.24) is 9.29 Å². The zero-order chi connectivity index (χ0) is 18.1. The van der Waals surface area contributed by atoms with Gasteiger partial charge in [-0.25, -0.2) is 8.42 Å². The lowest BCUT2D eigenvalue weighted by molar-refractivity contribution is -0.137. The molecule has 134 valence electrons. The molecular formula is C16H16F3N3O2S. The van der Waals surface area contributed by atoms with Crippen LogP contribution in [0.25, 0.3) is 0 Å². The number of piperazine rings is 1. The first kappa shape index (κ1) is 17.7. The largest absolute Gasteiger partial charge is 0.416 e. The minimum absolute atomic E-state index is 0.127. The van der Waals surface area contributed by atoms with Gasteiger partial charge in [0.2, 0.25) is 10.0 Å². The first-order chi connectivity index (χ1) is 11.8. The smallest absolute Gasteiger partial charge is 0.369 e. The molecule has 0 spiro atoms. The number of anilines is 1. The van der Waals surface area contributed by atoms with Crippen molar-refractivity contribution in [2.75, 3.05) is 31.1 Å². The molecule has 0 saturated carbocycles. The zero-order valence-electron chi connectivity index (χ0n) is 13.1. The highest BCUT2D eigenvalue weighted by atomic mass is 32.2. The van der Waals surface area contributed by atoms with Crippen molar-refractivity contribution in [3.05, 3.63) is 54.4 Å². The lowest BCUT2D eigenvalue weighted by Gasteiger charge is -2.35. The van der Waals surface area contributed by atoms with Crippen LogP contribution in [-0.4, -0.2) is 43.9 Å². The van der Waals surface area contributed by atoms with Gasteiger partial charge in [-0.05, 0) is 36.4 Å². The molecule has 5 nitrogen and oxygen atoms in total. The average Bonchev–Trinajstić information content (AvgIpc) is 2.62. The third-order valence-corrected chi connectivity index (χ3v) is 6.00. The van der Waals surface area contributed by atoms with E-state index in [1.54, 1.807) is 12.4 Å². The van der Waals surface area contributed by atoms with Gasteiger partial charge in [0.05, 0.1) is 10.5 Å². The Labute approximate surface area is 143 Å². The molecule has 25 heavy (non-hydrogen) atoms. The van der Waals surface area contributed by atoms with Crippen LogP contribution in [0.4, 0.5) is 18.9 Å². The molecule has 1 aromatic carbocycles. The molecule has 0 atom stereocenters. The molecule has 9 heteroatoms. The zero-order valence-corrected chi connectivity index (χ0v) is 14.0. The number of hydrogen-bond donors (Lipinski definition) is 0. The maximum atomic E-state index is 12.6. The molecule has 3 rings (SSSR count). The van der Waals surface area contributed by atoms with Gasteiger partial charge in [-0.1, -0.05) is 0 Å². The fraction of sp³-hybridized carbons (Fsp3) is 0.312. The first-order valence-corrected chi connectivity index (χ1v) is 9.05. The van der Waals surface area contributed by atoms with Crippen LogP contribution in [0.2, 0.25) is 0 Å². The Morgan fingerprint density at radius 3 is 1.96 bits per heavy atom. The Kier molecular flexibility index (Phi) is 4.70. The summed E-state index contributed by atoms with van der Waals surface area (Å²) in [6, 6.07) is 7.29. The highest BCUT2D eigenvalue weighted by Gasteiger charge is 2.32. The highest BCUT2D eigenvalue weighted by Crippen LogP contribution is 2.30. The van der Waals surface area contributed by atoms with E-state index < -0.39 is 21.8 Å². The molecular weight excluding hydrogens is 355 g/mol. The number of nitrogens with zero attached hydrogens (tertiary/aromatic N) is 3. The average molecular weight is 371 g/mol. The predicted molar refractivity (Wildman–Crippen MR) is 86.7 cm³/mol. The van der Waals surface area contributed by atoms with Crippen LogP contribution in [0.3, 0.4) is 0 Å². The van der Waals surface area contributed by atoms with Crippen molar-refractivity contribution >= 4 is 15.7 Å². The SMILES string of the molecule is O=S(=O)(c1ccc(C(F)(F)F)cc1)N1CCN(c2ccncc2)CC1. The molecule has 2 aromatic rings. The minimum atomic E-state index is -4.49. The van der Waals surface area contributed by atoms with E-state index in [1.807, 2.05) is 17.0 Å². The Balaban J connectivity index is 1.72. The van der Waals surface area contributed by atoms with E-state index in [0.717, 1.165) is 30.0 Å². The van der Waals surface area contributed by atoms with Crippen LogP contribution in [0.5, 0.6) is 0 Å². The number of sulfonamides is 1. The van der Waals surface area contributed by atoms with Gasteiger partial charge >= 0.3 is 6.18 Å². The second kappa shape index (κ2) is 6.64. The fourth-order valence-electron chi connectivity index (χ4n) is 2.71. The van der Waals surface area contributed by atoms with Crippen LogP contribution < -0.4 is 4.90 Å². The van der Waals surface area contributed by atoms with Crippen LogP contribution >= 0.6 is 0 Å². The van der Waals surface area contributed by atoms with E-state index in [1.165, 1.54) is 4.31 Å². The maximum Gasteiger partial charge on any atom is 0.416 e. The Morgan fingerprint density at radius 1 is 0.880 bits per heavy atom. The summed E-state index contributed by atoms with van der Waals surface area (Å²) in [4.78, 5) is 5.86. The number of alkyl halides is 3. The van der Waals surface area contributed by atoms with Crippen LogP contribution in [0, 0.1) is 0 Å². The minimum Gasteiger partial charge on any atom is -0.369 e. The van der Waals surface area contributed by atoms with Gasteiger partial charge in [0.25, 0.3) is 0 Å². The Hall–Kier alpha value is -2.13. The lowest BCUT2D eigenvalue weighted by atomic mass is 10.2. The van der Waals surface area contributed by atoms with Crippen molar-refractivity contribution < 1.29 is 21.6 Å². The number of rotatable bonds is 3. The van der Waals surface area contributed by atoms with Crippen molar-refractivity contribution in [3.63, 3.8) is 0 Å². The molecule has 0 N–H and O–H groups in total. The third-order valence-electron chi connectivity index (χ3n) is 4.09. The van der Waals surface area contributed by atoms with Crippen LogP contribution in [0.15, 0.2) is 53.7 Å². The second-order valence-corrected chi connectivity index (χ2v) is 7.56. The molecule has 1 aromatic heterocycles. The van der Waals surface area contributed by atoms with Gasteiger partial charge in [0, 0.05) is 44.3 Å². The summed E-state index contributed by atoms with van der Waals surface area (Å²) in [7, 11) is -3.80. The molecule has 1 saturated heterocycles. The molecule has 2 heterocycles. The summed E-state index contributed by atoms with van der Waals surface area (Å²) >= 11 is 0. The third kappa shape index (κ3) is 3.77. The van der Waals surface area contributed by atoms with Gasteiger partial charge < -0.3 is 4.90 Å². The number of pyridine rings is 1. The van der Waals surface area contributed by atoms with Gasteiger partial charge in [-0.2, -0.15) is 17.5 Å². The second-order valence-electron chi connectivity index (χ2n) is 5.62. The number of hydrogen-bond acceptors (Lipinski definition) is 4. The lowest BCUT2D eigenvalue weighted by Crippen LogP contribution is -2.48. The normalized spacial score (nSPS) is 16.8. The Bertz CT molecular complexity index is 816. The van der Waals surface area contributed by atoms with Crippen LogP contribution in [0.1, 0.15) is 5.56 Å². The number of halogens is 3. The molecule has 1 fully saturated rings. The summed E-state index contributed by atoms with van der Waals surface area (Å²) < 4.78 is 64.3. The van der Waals surface area contributed by atoms with E-state index in [9.17, 15) is 21.6 Å². The van der Waals surface area contributed by atoms with Crippen molar-refractivity contribution in [1.29, 1.82) is 0 Å². The van der Waals surface area contributed by atoms with Crippen molar-refractivity contribution in [2.45, 2.75) is 11.1 Å². The summed E-state index contributed by atoms with van der Waals surface area (Å²) in [5.74, 6) is 0. The topological polar surface area (TPSA) is 53.5 Å². The molecule has 0 aliphatic carbocycles. The van der Waals surface area contributed by atoms with Crippen molar-refractivity contribution in [3.8, 4) is 0 Å². The summed E-state index contributed by atoms with van der Waals surface area (Å²) in [6.07, 6.45) is -1.15. The standard InChI is InChI=1S/C16H16F3N3O2S/c17-16(18,19)13-1-3-15(4-2-13)25(23,24)22-11-9-21(10-12-22)14-5-7-20-8-6-14/h1-8H,9-12H2. The van der Waals surface area contributed by atoms with E-state index >= 15 is 0 Å². The quantitative estimate of drug-likeness (QED) is 0.832. The summed E-state index contributed by atoms with van der Waals surface area (Å²) in [5, 5.41) is 0.